The average Bonchev–Trinajstić information content (AvgIpc) is 2.99. The molecule has 2 aromatic rings. The van der Waals surface area contributed by atoms with Crippen molar-refractivity contribution >= 4 is 0 Å². The van der Waals surface area contributed by atoms with E-state index in [4.69, 9.17) is 4.42 Å². The van der Waals surface area contributed by atoms with Gasteiger partial charge in [-0.15, -0.1) is 0 Å². The van der Waals surface area contributed by atoms with Crippen molar-refractivity contribution in [1.82, 2.24) is 15.2 Å². The van der Waals surface area contributed by atoms with Crippen molar-refractivity contribution in [1.29, 1.82) is 0 Å². The third-order valence-corrected chi connectivity index (χ3v) is 3.26. The van der Waals surface area contributed by atoms with Crippen LogP contribution in [0.25, 0.3) is 0 Å². The number of pyridine rings is 1. The molecule has 0 saturated heterocycles. The molecule has 0 atom stereocenters. The van der Waals surface area contributed by atoms with Crippen LogP contribution in [0.3, 0.4) is 0 Å². The van der Waals surface area contributed by atoms with Crippen molar-refractivity contribution < 1.29 is 4.42 Å². The molecule has 0 amide bonds. The highest BCUT2D eigenvalue weighted by atomic mass is 16.3. The Morgan fingerprint density at radius 1 is 1.20 bits per heavy atom. The Kier molecular flexibility index (Phi) is 5.77. The molecule has 0 saturated carbocycles. The van der Waals surface area contributed by atoms with E-state index < -0.39 is 0 Å². The molecule has 0 aliphatic heterocycles. The minimum absolute atomic E-state index is 0.824. The fraction of sp³-hybridized carbons (Fsp3) is 0.438. The summed E-state index contributed by atoms with van der Waals surface area (Å²) in [6, 6.07) is 8.19. The van der Waals surface area contributed by atoms with Crippen LogP contribution in [-0.2, 0) is 19.6 Å². The van der Waals surface area contributed by atoms with Crippen molar-refractivity contribution in [3.63, 3.8) is 0 Å². The molecule has 0 radical (unpaired) electrons. The molecule has 0 bridgehead atoms. The van der Waals surface area contributed by atoms with Gasteiger partial charge in [-0.05, 0) is 36.9 Å². The fourth-order valence-electron chi connectivity index (χ4n) is 2.05. The first-order valence-electron chi connectivity index (χ1n) is 7.21. The molecule has 2 rings (SSSR count). The largest absolute Gasteiger partial charge is 0.468 e. The summed E-state index contributed by atoms with van der Waals surface area (Å²) in [6.07, 6.45) is 3.68. The maximum absolute atomic E-state index is 5.40. The number of nitrogens with zero attached hydrogens (tertiary/aromatic N) is 2. The van der Waals surface area contributed by atoms with Crippen molar-refractivity contribution in [2.24, 2.45) is 0 Å². The van der Waals surface area contributed by atoms with Crippen molar-refractivity contribution in [2.45, 2.75) is 33.5 Å². The second-order valence-corrected chi connectivity index (χ2v) is 4.82. The molecule has 0 aliphatic carbocycles. The van der Waals surface area contributed by atoms with Gasteiger partial charge < -0.3 is 9.73 Å². The van der Waals surface area contributed by atoms with Crippen LogP contribution in [0.1, 0.15) is 30.9 Å². The van der Waals surface area contributed by atoms with Gasteiger partial charge in [-0.1, -0.05) is 19.9 Å². The molecule has 1 N–H and O–H groups in total. The molecule has 0 aliphatic rings. The van der Waals surface area contributed by atoms with Crippen LogP contribution in [-0.4, -0.2) is 23.0 Å². The zero-order valence-corrected chi connectivity index (χ0v) is 12.3. The highest BCUT2D eigenvalue weighted by Gasteiger charge is 2.07. The summed E-state index contributed by atoms with van der Waals surface area (Å²) in [7, 11) is 0. The summed E-state index contributed by atoms with van der Waals surface area (Å²) in [5.41, 5.74) is 2.32. The third kappa shape index (κ3) is 4.47. The van der Waals surface area contributed by atoms with E-state index in [0.29, 0.717) is 0 Å². The normalized spacial score (nSPS) is 11.2. The molecule has 2 aromatic heterocycles. The van der Waals surface area contributed by atoms with E-state index in [1.54, 1.807) is 6.26 Å². The lowest BCUT2D eigenvalue weighted by molar-refractivity contribution is 0.245. The molecule has 0 unspecified atom stereocenters. The molecule has 4 heteroatoms. The second-order valence-electron chi connectivity index (χ2n) is 4.82. The average molecular weight is 273 g/mol. The summed E-state index contributed by atoms with van der Waals surface area (Å²) in [5.74, 6) is 0.996. The first kappa shape index (κ1) is 14.8. The van der Waals surface area contributed by atoms with Crippen LogP contribution in [0.5, 0.6) is 0 Å². The predicted molar refractivity (Wildman–Crippen MR) is 80.1 cm³/mol. The quantitative estimate of drug-likeness (QED) is 0.803. The van der Waals surface area contributed by atoms with Gasteiger partial charge in [0.1, 0.15) is 5.76 Å². The zero-order valence-electron chi connectivity index (χ0n) is 12.3. The summed E-state index contributed by atoms with van der Waals surface area (Å²) in [6.45, 7) is 8.77. The number of hydrogen-bond donors (Lipinski definition) is 1. The topological polar surface area (TPSA) is 41.3 Å². The first-order valence-corrected chi connectivity index (χ1v) is 7.21. The van der Waals surface area contributed by atoms with Crippen LogP contribution in [0.2, 0.25) is 0 Å². The van der Waals surface area contributed by atoms with Gasteiger partial charge in [0.05, 0.1) is 18.5 Å². The van der Waals surface area contributed by atoms with Gasteiger partial charge in [0.15, 0.2) is 0 Å². The number of hydrogen-bond acceptors (Lipinski definition) is 4. The zero-order chi connectivity index (χ0) is 14.2. The Morgan fingerprint density at radius 3 is 2.70 bits per heavy atom. The lowest BCUT2D eigenvalue weighted by Crippen LogP contribution is -2.22. The Hall–Kier alpha value is -1.65. The molecule has 0 spiro atoms. The SMILES string of the molecule is CCNCc1ccc(CN(CC)Cc2ccco2)nc1. The lowest BCUT2D eigenvalue weighted by Gasteiger charge is -2.18. The third-order valence-electron chi connectivity index (χ3n) is 3.26. The summed E-state index contributed by atoms with van der Waals surface area (Å²) in [4.78, 5) is 6.85. The summed E-state index contributed by atoms with van der Waals surface area (Å²) < 4.78 is 5.40. The highest BCUT2D eigenvalue weighted by molar-refractivity contribution is 5.14. The molecule has 2 heterocycles. The molecule has 0 aromatic carbocycles. The molecule has 20 heavy (non-hydrogen) atoms. The smallest absolute Gasteiger partial charge is 0.117 e. The molecule has 4 nitrogen and oxygen atoms in total. The van der Waals surface area contributed by atoms with Gasteiger partial charge >= 0.3 is 0 Å². The fourth-order valence-corrected chi connectivity index (χ4v) is 2.05. The van der Waals surface area contributed by atoms with Crippen molar-refractivity contribution in [3.8, 4) is 0 Å². The van der Waals surface area contributed by atoms with E-state index in [-0.39, 0.29) is 0 Å². The number of nitrogens with one attached hydrogen (secondary N) is 1. The lowest BCUT2D eigenvalue weighted by atomic mass is 10.2. The van der Waals surface area contributed by atoms with Gasteiger partial charge in [0.25, 0.3) is 0 Å². The van der Waals surface area contributed by atoms with E-state index in [9.17, 15) is 0 Å². The maximum Gasteiger partial charge on any atom is 0.117 e. The van der Waals surface area contributed by atoms with E-state index in [1.807, 2.05) is 18.3 Å². The summed E-state index contributed by atoms with van der Waals surface area (Å²) >= 11 is 0. The molecule has 108 valence electrons. The maximum atomic E-state index is 5.40. The van der Waals surface area contributed by atoms with Gasteiger partial charge in [-0.2, -0.15) is 0 Å². The predicted octanol–water partition coefficient (Wildman–Crippen LogP) is 2.81. The Labute approximate surface area is 120 Å². The van der Waals surface area contributed by atoms with E-state index in [2.05, 4.69) is 41.2 Å². The van der Waals surface area contributed by atoms with Gasteiger partial charge in [0.2, 0.25) is 0 Å². The monoisotopic (exact) mass is 273 g/mol. The molecule has 0 fully saturated rings. The number of aromatic nitrogens is 1. The van der Waals surface area contributed by atoms with E-state index in [0.717, 1.165) is 44.2 Å². The van der Waals surface area contributed by atoms with Gasteiger partial charge in [0, 0.05) is 19.3 Å². The van der Waals surface area contributed by atoms with Crippen LogP contribution in [0.4, 0.5) is 0 Å². The summed E-state index contributed by atoms with van der Waals surface area (Å²) in [5, 5.41) is 3.30. The number of furan rings is 1. The van der Waals surface area contributed by atoms with Crippen LogP contribution in [0.15, 0.2) is 41.1 Å². The Balaban J connectivity index is 1.90. The minimum Gasteiger partial charge on any atom is -0.468 e. The minimum atomic E-state index is 0.824. The Bertz CT molecular complexity index is 479. The van der Waals surface area contributed by atoms with Gasteiger partial charge in [-0.25, -0.2) is 0 Å². The van der Waals surface area contributed by atoms with E-state index >= 15 is 0 Å². The van der Waals surface area contributed by atoms with Crippen molar-refractivity contribution in [2.75, 3.05) is 13.1 Å². The van der Waals surface area contributed by atoms with Crippen LogP contribution < -0.4 is 5.32 Å². The van der Waals surface area contributed by atoms with Gasteiger partial charge in [-0.3, -0.25) is 9.88 Å². The van der Waals surface area contributed by atoms with Crippen LogP contribution in [0, 0.1) is 0 Å². The molecular weight excluding hydrogens is 250 g/mol. The van der Waals surface area contributed by atoms with Crippen LogP contribution >= 0.6 is 0 Å². The Morgan fingerprint density at radius 2 is 2.10 bits per heavy atom. The van der Waals surface area contributed by atoms with E-state index in [1.165, 1.54) is 5.56 Å². The van der Waals surface area contributed by atoms with Crippen molar-refractivity contribution in [3.05, 3.63) is 53.7 Å². The highest BCUT2D eigenvalue weighted by Crippen LogP contribution is 2.09. The molecular formula is C16H23N3O. The first-order chi connectivity index (χ1) is 9.81. The number of rotatable bonds is 8. The standard InChI is InChI=1S/C16H23N3O/c1-3-17-10-14-7-8-15(18-11-14)12-19(4-2)13-16-6-5-9-20-16/h5-9,11,17H,3-4,10,12-13H2,1-2H3. The second kappa shape index (κ2) is 7.82.